The van der Waals surface area contributed by atoms with Crippen molar-refractivity contribution in [1.29, 1.82) is 0 Å². The second kappa shape index (κ2) is 6.55. The maximum Gasteiger partial charge on any atom is 0.437 e. The predicted molar refractivity (Wildman–Crippen MR) is 73.4 cm³/mol. The number of aryl methyl sites for hydroxylation is 1. The van der Waals surface area contributed by atoms with E-state index in [1.807, 2.05) is 0 Å². The first-order chi connectivity index (χ1) is 10.3. The van der Waals surface area contributed by atoms with E-state index in [-0.39, 0.29) is 11.8 Å². The highest BCUT2D eigenvalue weighted by Gasteiger charge is 2.38. The van der Waals surface area contributed by atoms with Crippen molar-refractivity contribution in [3.63, 3.8) is 0 Å². The Morgan fingerprint density at radius 3 is 2.86 bits per heavy atom. The third-order valence-electron chi connectivity index (χ3n) is 3.46. The number of nitrogens with one attached hydrogen (secondary N) is 1. The van der Waals surface area contributed by atoms with Gasteiger partial charge in [-0.15, -0.1) is 0 Å². The number of anilines is 1. The molecule has 1 fully saturated rings. The Labute approximate surface area is 126 Å². The van der Waals surface area contributed by atoms with Crippen molar-refractivity contribution >= 4 is 11.7 Å². The summed E-state index contributed by atoms with van der Waals surface area (Å²) in [5.41, 5.74) is -1.44. The molecule has 1 aliphatic rings. The Morgan fingerprint density at radius 1 is 1.59 bits per heavy atom. The number of amides is 2. The van der Waals surface area contributed by atoms with Gasteiger partial charge < -0.3 is 15.0 Å². The van der Waals surface area contributed by atoms with Gasteiger partial charge in [-0.2, -0.15) is 18.3 Å². The van der Waals surface area contributed by atoms with Crippen LogP contribution in [-0.4, -0.2) is 46.5 Å². The fourth-order valence-corrected chi connectivity index (χ4v) is 2.37. The summed E-state index contributed by atoms with van der Waals surface area (Å²) in [6.07, 6.45) is -1.74. The van der Waals surface area contributed by atoms with Crippen molar-refractivity contribution in [3.8, 4) is 0 Å². The van der Waals surface area contributed by atoms with E-state index in [1.54, 1.807) is 6.92 Å². The van der Waals surface area contributed by atoms with Gasteiger partial charge in [0.2, 0.25) is 0 Å². The molecule has 1 aromatic heterocycles. The lowest BCUT2D eigenvalue weighted by Gasteiger charge is -2.24. The first-order valence-electron chi connectivity index (χ1n) is 7.09. The number of hydrogen-bond donors (Lipinski definition) is 1. The molecule has 0 bridgehead atoms. The van der Waals surface area contributed by atoms with Gasteiger partial charge in [-0.25, -0.2) is 4.79 Å². The number of alkyl halides is 3. The monoisotopic (exact) mass is 320 g/mol. The highest BCUT2D eigenvalue weighted by molar-refractivity contribution is 5.89. The lowest BCUT2D eigenvalue weighted by molar-refractivity contribution is -0.140. The van der Waals surface area contributed by atoms with Crippen LogP contribution >= 0.6 is 0 Å². The summed E-state index contributed by atoms with van der Waals surface area (Å²) in [5.74, 6) is 0. The van der Waals surface area contributed by atoms with E-state index in [0.29, 0.717) is 19.7 Å². The van der Waals surface area contributed by atoms with Gasteiger partial charge in [0.25, 0.3) is 0 Å². The van der Waals surface area contributed by atoms with Crippen LogP contribution in [0.15, 0.2) is 6.20 Å². The molecule has 0 aromatic carbocycles. The average Bonchev–Trinajstić information content (AvgIpc) is 3.04. The first-order valence-corrected chi connectivity index (χ1v) is 7.09. The number of carbonyl (C=O) groups excluding carboxylic acids is 1. The molecule has 22 heavy (non-hydrogen) atoms. The first kappa shape index (κ1) is 16.6. The number of nitrogens with zero attached hydrogens (tertiary/aromatic N) is 3. The summed E-state index contributed by atoms with van der Waals surface area (Å²) < 4.78 is 45.1. The normalized spacial score (nSPS) is 18.5. The van der Waals surface area contributed by atoms with Crippen molar-refractivity contribution < 1.29 is 22.7 Å². The Hall–Kier alpha value is -1.77. The molecule has 124 valence electrons. The van der Waals surface area contributed by atoms with E-state index < -0.39 is 17.9 Å². The molecule has 1 N–H and O–H groups in total. The zero-order valence-electron chi connectivity index (χ0n) is 12.5. The van der Waals surface area contributed by atoms with Crippen LogP contribution in [0.3, 0.4) is 0 Å². The molecule has 0 aliphatic carbocycles. The molecular formula is C13H19F3N4O2. The fourth-order valence-electron chi connectivity index (χ4n) is 2.37. The molecule has 9 heteroatoms. The molecular weight excluding hydrogens is 301 g/mol. The molecule has 1 saturated heterocycles. The van der Waals surface area contributed by atoms with E-state index in [4.69, 9.17) is 4.74 Å². The molecule has 1 aliphatic heterocycles. The number of urea groups is 1. The number of rotatable bonds is 4. The quantitative estimate of drug-likeness (QED) is 0.927. The molecule has 0 spiro atoms. The summed E-state index contributed by atoms with van der Waals surface area (Å²) in [7, 11) is 1.37. The summed E-state index contributed by atoms with van der Waals surface area (Å²) in [6, 6.07) is -0.587. The summed E-state index contributed by atoms with van der Waals surface area (Å²) in [5, 5.41) is 5.65. The number of aromatic nitrogens is 2. The average molecular weight is 320 g/mol. The van der Waals surface area contributed by atoms with Crippen LogP contribution in [0.4, 0.5) is 23.7 Å². The third-order valence-corrected chi connectivity index (χ3v) is 3.46. The van der Waals surface area contributed by atoms with Gasteiger partial charge in [0.05, 0.1) is 11.8 Å². The zero-order valence-corrected chi connectivity index (χ0v) is 12.5. The van der Waals surface area contributed by atoms with Crippen LogP contribution in [0, 0.1) is 0 Å². The molecule has 0 saturated carbocycles. The van der Waals surface area contributed by atoms with Crippen LogP contribution in [0.1, 0.15) is 25.5 Å². The van der Waals surface area contributed by atoms with E-state index in [0.717, 1.165) is 23.7 Å². The zero-order chi connectivity index (χ0) is 16.3. The van der Waals surface area contributed by atoms with Gasteiger partial charge in [-0.3, -0.25) is 4.68 Å². The van der Waals surface area contributed by atoms with E-state index in [1.165, 1.54) is 11.9 Å². The van der Waals surface area contributed by atoms with Gasteiger partial charge in [0, 0.05) is 32.9 Å². The highest BCUT2D eigenvalue weighted by atomic mass is 19.4. The standard InChI is InChI=1S/C13H19F3N4O2/c1-3-20(7-9-5-4-6-22-9)12(21)17-10-8-19(2)18-11(10)13(14,15)16/h8-9H,3-7H2,1-2H3,(H,17,21). The minimum atomic E-state index is -4.62. The van der Waals surface area contributed by atoms with Crippen LogP contribution in [0.5, 0.6) is 0 Å². The summed E-state index contributed by atoms with van der Waals surface area (Å²) in [6.45, 7) is 3.17. The Balaban J connectivity index is 2.06. The number of likely N-dealkylation sites (N-methyl/N-ethyl adjacent to an activating group) is 1. The van der Waals surface area contributed by atoms with Crippen molar-refractivity contribution in [2.24, 2.45) is 7.05 Å². The molecule has 1 unspecified atom stereocenters. The third kappa shape index (κ3) is 3.90. The van der Waals surface area contributed by atoms with E-state index in [9.17, 15) is 18.0 Å². The maximum absolute atomic E-state index is 12.9. The van der Waals surface area contributed by atoms with Crippen LogP contribution in [0.25, 0.3) is 0 Å². The van der Waals surface area contributed by atoms with Crippen molar-refractivity contribution in [2.75, 3.05) is 25.0 Å². The van der Waals surface area contributed by atoms with Gasteiger partial charge in [-0.1, -0.05) is 0 Å². The van der Waals surface area contributed by atoms with Crippen molar-refractivity contribution in [2.45, 2.75) is 32.0 Å². The molecule has 1 aromatic rings. The maximum atomic E-state index is 12.9. The minimum absolute atomic E-state index is 0.0540. The minimum Gasteiger partial charge on any atom is -0.376 e. The molecule has 2 rings (SSSR count). The smallest absolute Gasteiger partial charge is 0.376 e. The van der Waals surface area contributed by atoms with Gasteiger partial charge in [0.15, 0.2) is 5.69 Å². The molecule has 2 amide bonds. The van der Waals surface area contributed by atoms with Crippen LogP contribution in [-0.2, 0) is 18.0 Å². The van der Waals surface area contributed by atoms with Gasteiger partial charge >= 0.3 is 12.2 Å². The number of halogens is 3. The second-order valence-corrected chi connectivity index (χ2v) is 5.17. The highest BCUT2D eigenvalue weighted by Crippen LogP contribution is 2.33. The largest absolute Gasteiger partial charge is 0.437 e. The summed E-state index contributed by atoms with van der Waals surface area (Å²) in [4.78, 5) is 13.6. The number of hydrogen-bond acceptors (Lipinski definition) is 3. The Bertz CT molecular complexity index is 524. The van der Waals surface area contributed by atoms with Crippen molar-refractivity contribution in [3.05, 3.63) is 11.9 Å². The Kier molecular flexibility index (Phi) is 4.94. The lowest BCUT2D eigenvalue weighted by atomic mass is 10.2. The van der Waals surface area contributed by atoms with Gasteiger partial charge in [0.1, 0.15) is 0 Å². The van der Waals surface area contributed by atoms with Gasteiger partial charge in [-0.05, 0) is 19.8 Å². The topological polar surface area (TPSA) is 59.4 Å². The summed E-state index contributed by atoms with van der Waals surface area (Å²) >= 11 is 0. The predicted octanol–water partition coefficient (Wildman–Crippen LogP) is 2.47. The molecule has 6 nitrogen and oxygen atoms in total. The number of carbonyl (C=O) groups is 1. The molecule has 1 atom stereocenters. The molecule has 2 heterocycles. The van der Waals surface area contributed by atoms with Crippen LogP contribution in [0.2, 0.25) is 0 Å². The van der Waals surface area contributed by atoms with Crippen molar-refractivity contribution in [1.82, 2.24) is 14.7 Å². The number of ether oxygens (including phenoxy) is 1. The van der Waals surface area contributed by atoms with Crippen LogP contribution < -0.4 is 5.32 Å². The second-order valence-electron chi connectivity index (χ2n) is 5.17. The molecule has 0 radical (unpaired) electrons. The van der Waals surface area contributed by atoms with E-state index >= 15 is 0 Å². The fraction of sp³-hybridized carbons (Fsp3) is 0.692. The Morgan fingerprint density at radius 2 is 2.32 bits per heavy atom. The lowest BCUT2D eigenvalue weighted by Crippen LogP contribution is -2.40. The SMILES string of the molecule is CCN(CC1CCCO1)C(=O)Nc1cn(C)nc1C(F)(F)F. The van der Waals surface area contributed by atoms with E-state index in [2.05, 4.69) is 10.4 Å².